The molecule has 0 aromatic heterocycles. The van der Waals surface area contributed by atoms with Crippen LogP contribution in [0.15, 0.2) is 77.8 Å². The molecule has 4 rings (SSSR count). The van der Waals surface area contributed by atoms with Crippen molar-refractivity contribution in [2.45, 2.75) is 0 Å². The minimum Gasteiger partial charge on any atom is -0.485 e. The molecular formula is C20H14ClNO. The topological polar surface area (TPSA) is 21.6 Å². The largest absolute Gasteiger partial charge is 0.485 e. The lowest BCUT2D eigenvalue weighted by Crippen LogP contribution is -2.16. The number of ether oxygens (including phenoxy) is 1. The van der Waals surface area contributed by atoms with Crippen LogP contribution >= 0.6 is 11.6 Å². The van der Waals surface area contributed by atoms with Crippen molar-refractivity contribution in [1.82, 2.24) is 0 Å². The van der Waals surface area contributed by atoms with Crippen LogP contribution in [0, 0.1) is 0 Å². The summed E-state index contributed by atoms with van der Waals surface area (Å²) in [6.07, 6.45) is 0. The van der Waals surface area contributed by atoms with Gasteiger partial charge in [-0.3, -0.25) is 0 Å². The lowest BCUT2D eigenvalue weighted by atomic mass is 10.0. The van der Waals surface area contributed by atoms with Gasteiger partial charge in [0.05, 0.1) is 5.71 Å². The molecule has 1 aliphatic heterocycles. The molecule has 3 aromatic rings. The number of rotatable bonds is 2. The Morgan fingerprint density at radius 2 is 1.48 bits per heavy atom. The molecule has 0 unspecified atom stereocenters. The third kappa shape index (κ3) is 2.86. The first-order chi connectivity index (χ1) is 11.3. The van der Waals surface area contributed by atoms with Gasteiger partial charge in [-0.1, -0.05) is 66.2 Å². The highest BCUT2D eigenvalue weighted by molar-refractivity contribution is 6.30. The zero-order chi connectivity index (χ0) is 15.6. The Balaban J connectivity index is 1.65. The van der Waals surface area contributed by atoms with Crippen LogP contribution in [-0.4, -0.2) is 12.3 Å². The molecule has 0 saturated carbocycles. The van der Waals surface area contributed by atoms with E-state index in [9.17, 15) is 0 Å². The Morgan fingerprint density at radius 3 is 2.26 bits per heavy atom. The molecule has 0 bridgehead atoms. The molecule has 112 valence electrons. The van der Waals surface area contributed by atoms with Crippen LogP contribution in [0.1, 0.15) is 5.56 Å². The predicted octanol–water partition coefficient (Wildman–Crippen LogP) is 5.52. The van der Waals surface area contributed by atoms with Crippen LogP contribution in [0.3, 0.4) is 0 Å². The minimum atomic E-state index is 0.456. The summed E-state index contributed by atoms with van der Waals surface area (Å²) in [6.45, 7) is 0.456. The van der Waals surface area contributed by atoms with Crippen LogP contribution in [-0.2, 0) is 0 Å². The molecule has 0 radical (unpaired) electrons. The van der Waals surface area contributed by atoms with E-state index in [1.807, 2.05) is 30.3 Å². The summed E-state index contributed by atoms with van der Waals surface area (Å²) in [6, 6.07) is 24.3. The first-order valence-electron chi connectivity index (χ1n) is 7.45. The Kier molecular flexibility index (Phi) is 3.60. The number of fused-ring (bicyclic) bond motifs is 1. The summed E-state index contributed by atoms with van der Waals surface area (Å²) in [5.41, 5.74) is 5.23. The molecule has 0 fully saturated rings. The van der Waals surface area contributed by atoms with E-state index in [2.05, 4.69) is 36.4 Å². The van der Waals surface area contributed by atoms with Crippen molar-refractivity contribution in [2.75, 3.05) is 6.61 Å². The van der Waals surface area contributed by atoms with E-state index >= 15 is 0 Å². The van der Waals surface area contributed by atoms with Gasteiger partial charge >= 0.3 is 0 Å². The third-order valence-corrected chi connectivity index (χ3v) is 4.10. The third-order valence-electron chi connectivity index (χ3n) is 3.87. The van der Waals surface area contributed by atoms with Crippen LogP contribution in [0.4, 0.5) is 5.69 Å². The quantitative estimate of drug-likeness (QED) is 0.609. The molecule has 0 N–H and O–H groups in total. The maximum atomic E-state index is 5.98. The van der Waals surface area contributed by atoms with Crippen molar-refractivity contribution in [3.63, 3.8) is 0 Å². The number of halogens is 1. The van der Waals surface area contributed by atoms with E-state index in [1.165, 1.54) is 11.1 Å². The molecule has 1 heterocycles. The van der Waals surface area contributed by atoms with Gasteiger partial charge in [-0.05, 0) is 28.8 Å². The second kappa shape index (κ2) is 5.90. The monoisotopic (exact) mass is 319 g/mol. The average molecular weight is 320 g/mol. The van der Waals surface area contributed by atoms with E-state index in [0.29, 0.717) is 11.6 Å². The van der Waals surface area contributed by atoms with Crippen molar-refractivity contribution in [2.24, 2.45) is 4.99 Å². The fraction of sp³-hybridized carbons (Fsp3) is 0.0500. The normalized spacial score (nSPS) is 13.0. The zero-order valence-electron chi connectivity index (χ0n) is 12.4. The SMILES string of the molecule is Clc1ccc2c(c1)OCC(c1ccc(-c3ccccc3)cc1)=N2. The van der Waals surface area contributed by atoms with Gasteiger partial charge in [0.25, 0.3) is 0 Å². The van der Waals surface area contributed by atoms with Gasteiger partial charge in [-0.2, -0.15) is 0 Å². The summed E-state index contributed by atoms with van der Waals surface area (Å²) in [5.74, 6) is 0.738. The average Bonchev–Trinajstić information content (AvgIpc) is 2.62. The van der Waals surface area contributed by atoms with Gasteiger partial charge in [0.2, 0.25) is 0 Å². The van der Waals surface area contributed by atoms with Crippen molar-refractivity contribution in [3.05, 3.63) is 83.4 Å². The minimum absolute atomic E-state index is 0.456. The Labute approximate surface area is 140 Å². The van der Waals surface area contributed by atoms with E-state index in [4.69, 9.17) is 21.3 Å². The van der Waals surface area contributed by atoms with Gasteiger partial charge in [0.1, 0.15) is 18.0 Å². The first kappa shape index (κ1) is 14.0. The Morgan fingerprint density at radius 1 is 0.783 bits per heavy atom. The molecule has 0 aliphatic carbocycles. The van der Waals surface area contributed by atoms with E-state index in [-0.39, 0.29) is 0 Å². The standard InChI is InChI=1S/C20H14ClNO/c21-17-10-11-18-20(12-17)23-13-19(22-18)16-8-6-15(7-9-16)14-4-2-1-3-5-14/h1-12H,13H2. The van der Waals surface area contributed by atoms with Crippen LogP contribution in [0.25, 0.3) is 11.1 Å². The lowest BCUT2D eigenvalue weighted by Gasteiger charge is -2.17. The molecule has 0 amide bonds. The van der Waals surface area contributed by atoms with Crippen molar-refractivity contribution >= 4 is 23.0 Å². The molecule has 0 saturated heterocycles. The lowest BCUT2D eigenvalue weighted by molar-refractivity contribution is 0.373. The van der Waals surface area contributed by atoms with Crippen LogP contribution < -0.4 is 4.74 Å². The van der Waals surface area contributed by atoms with E-state index in [1.54, 1.807) is 6.07 Å². The van der Waals surface area contributed by atoms with Crippen LogP contribution in [0.5, 0.6) is 5.75 Å². The Hall–Kier alpha value is -2.58. The maximum Gasteiger partial charge on any atom is 0.146 e. The second-order valence-corrected chi connectivity index (χ2v) is 5.84. The van der Waals surface area contributed by atoms with Gasteiger partial charge in [0, 0.05) is 11.1 Å². The number of benzene rings is 3. The van der Waals surface area contributed by atoms with E-state index < -0.39 is 0 Å². The highest BCUT2D eigenvalue weighted by Gasteiger charge is 2.15. The van der Waals surface area contributed by atoms with Gasteiger partial charge in [0.15, 0.2) is 0 Å². The van der Waals surface area contributed by atoms with Crippen LogP contribution in [0.2, 0.25) is 5.02 Å². The molecule has 2 nitrogen and oxygen atoms in total. The predicted molar refractivity (Wildman–Crippen MR) is 95.0 cm³/mol. The fourth-order valence-corrected chi connectivity index (χ4v) is 2.82. The molecule has 0 spiro atoms. The highest BCUT2D eigenvalue weighted by atomic mass is 35.5. The number of aliphatic imine (C=N–C) groups is 1. The summed E-state index contributed by atoms with van der Waals surface area (Å²) in [7, 11) is 0. The fourth-order valence-electron chi connectivity index (χ4n) is 2.65. The van der Waals surface area contributed by atoms with Gasteiger partial charge in [-0.15, -0.1) is 0 Å². The van der Waals surface area contributed by atoms with Crippen molar-refractivity contribution in [3.8, 4) is 16.9 Å². The van der Waals surface area contributed by atoms with Crippen molar-refractivity contribution in [1.29, 1.82) is 0 Å². The van der Waals surface area contributed by atoms with E-state index in [0.717, 1.165) is 22.7 Å². The molecule has 1 aliphatic rings. The molecular weight excluding hydrogens is 306 g/mol. The number of hydrogen-bond donors (Lipinski definition) is 0. The molecule has 23 heavy (non-hydrogen) atoms. The van der Waals surface area contributed by atoms with Gasteiger partial charge in [-0.25, -0.2) is 4.99 Å². The number of hydrogen-bond acceptors (Lipinski definition) is 2. The zero-order valence-corrected chi connectivity index (χ0v) is 13.1. The van der Waals surface area contributed by atoms with Crippen molar-refractivity contribution < 1.29 is 4.74 Å². The highest BCUT2D eigenvalue weighted by Crippen LogP contribution is 2.34. The maximum absolute atomic E-state index is 5.98. The molecule has 0 atom stereocenters. The molecule has 3 heteroatoms. The number of nitrogens with zero attached hydrogens (tertiary/aromatic N) is 1. The first-order valence-corrected chi connectivity index (χ1v) is 7.83. The summed E-state index contributed by atoms with van der Waals surface area (Å²) >= 11 is 5.98. The second-order valence-electron chi connectivity index (χ2n) is 5.40. The summed E-state index contributed by atoms with van der Waals surface area (Å²) < 4.78 is 5.77. The summed E-state index contributed by atoms with van der Waals surface area (Å²) in [4.78, 5) is 4.69. The summed E-state index contributed by atoms with van der Waals surface area (Å²) in [5, 5.41) is 0.662. The smallest absolute Gasteiger partial charge is 0.146 e. The Bertz CT molecular complexity index is 870. The van der Waals surface area contributed by atoms with Gasteiger partial charge < -0.3 is 4.74 Å². The molecule has 3 aromatic carbocycles.